The molecule has 0 saturated heterocycles. The smallest absolute Gasteiger partial charge is 0.441 e. The number of halogens is 3. The average Bonchev–Trinajstić information content (AvgIpc) is 2.68. The van der Waals surface area contributed by atoms with Crippen LogP contribution in [0.1, 0.15) is 17.3 Å². The number of benzene rings is 2. The van der Waals surface area contributed by atoms with Crippen LogP contribution < -0.4 is 15.4 Å². The van der Waals surface area contributed by atoms with Crippen molar-refractivity contribution in [2.75, 3.05) is 19.0 Å². The summed E-state index contributed by atoms with van der Waals surface area (Å²) in [7, 11) is 1.39. The van der Waals surface area contributed by atoms with Gasteiger partial charge in [0.25, 0.3) is 5.91 Å². The van der Waals surface area contributed by atoms with Gasteiger partial charge in [0.2, 0.25) is 0 Å². The van der Waals surface area contributed by atoms with Crippen LogP contribution in [0.15, 0.2) is 48.5 Å². The Morgan fingerprint density at radius 2 is 1.62 bits per heavy atom. The molecule has 0 aromatic heterocycles. The Morgan fingerprint density at radius 3 is 2.10 bits per heavy atom. The number of alkyl halides is 3. The summed E-state index contributed by atoms with van der Waals surface area (Å²) in [5, 5.41) is 13.0. The second-order valence-corrected chi connectivity index (χ2v) is 5.82. The molecular weight excluding hydrogens is 393 g/mol. The Bertz CT molecular complexity index is 854. The maximum absolute atomic E-state index is 14.1. The molecular formula is C19H19F3N2O5. The maximum Gasteiger partial charge on any atom is 0.441 e. The Morgan fingerprint density at radius 1 is 1.03 bits per heavy atom. The first kappa shape index (κ1) is 21.9. The Hall–Kier alpha value is -3.43. The minimum Gasteiger partial charge on any atom is -0.508 e. The lowest BCUT2D eigenvalue weighted by atomic mass is 10.1. The fraction of sp³-hybridized carbons (Fsp3) is 0.263. The van der Waals surface area contributed by atoms with Crippen molar-refractivity contribution >= 4 is 17.6 Å². The lowest BCUT2D eigenvalue weighted by Crippen LogP contribution is -2.69. The van der Waals surface area contributed by atoms with Crippen molar-refractivity contribution in [2.24, 2.45) is 0 Å². The van der Waals surface area contributed by atoms with Gasteiger partial charge in [0.1, 0.15) is 11.5 Å². The van der Waals surface area contributed by atoms with Crippen molar-refractivity contribution in [1.82, 2.24) is 5.32 Å². The molecule has 2 rings (SSSR count). The van der Waals surface area contributed by atoms with Crippen LogP contribution >= 0.6 is 0 Å². The molecule has 0 fully saturated rings. The molecule has 156 valence electrons. The number of amides is 1. The van der Waals surface area contributed by atoms with E-state index >= 15 is 0 Å². The highest BCUT2D eigenvalue weighted by atomic mass is 19.4. The van der Waals surface area contributed by atoms with Gasteiger partial charge in [0.05, 0.1) is 13.7 Å². The third-order valence-corrected chi connectivity index (χ3v) is 3.86. The van der Waals surface area contributed by atoms with Gasteiger partial charge in [-0.3, -0.25) is 4.79 Å². The number of phenolic OH excluding ortho intramolecular Hbond substituents is 1. The van der Waals surface area contributed by atoms with Crippen LogP contribution in [0, 0.1) is 0 Å². The average molecular weight is 412 g/mol. The predicted octanol–water partition coefficient (Wildman–Crippen LogP) is 3.06. The van der Waals surface area contributed by atoms with Crippen LogP contribution in [-0.4, -0.2) is 42.5 Å². The van der Waals surface area contributed by atoms with E-state index in [1.165, 1.54) is 38.3 Å². The van der Waals surface area contributed by atoms with E-state index in [4.69, 9.17) is 4.74 Å². The first-order valence-corrected chi connectivity index (χ1v) is 8.40. The normalized spacial score (nSPS) is 13.1. The third-order valence-electron chi connectivity index (χ3n) is 3.86. The van der Waals surface area contributed by atoms with Crippen molar-refractivity contribution in [3.8, 4) is 11.5 Å². The molecule has 2 aromatic carbocycles. The minimum absolute atomic E-state index is 0.128. The van der Waals surface area contributed by atoms with E-state index in [1.54, 1.807) is 5.32 Å². The second-order valence-electron chi connectivity index (χ2n) is 5.82. The summed E-state index contributed by atoms with van der Waals surface area (Å²) in [5.41, 5.74) is -3.86. The number of phenols is 1. The molecule has 0 aliphatic heterocycles. The summed E-state index contributed by atoms with van der Waals surface area (Å²) in [5.74, 6) is -2.69. The molecule has 7 nitrogen and oxygen atoms in total. The lowest BCUT2D eigenvalue weighted by molar-refractivity contribution is -0.204. The van der Waals surface area contributed by atoms with Gasteiger partial charge in [-0.15, -0.1) is 0 Å². The summed E-state index contributed by atoms with van der Waals surface area (Å²) in [6, 6.07) is 9.77. The Labute approximate surface area is 164 Å². The molecule has 1 amide bonds. The van der Waals surface area contributed by atoms with Gasteiger partial charge < -0.3 is 25.2 Å². The molecule has 2 aromatic rings. The standard InChI is InChI=1S/C19H19F3N2O5/c1-3-29-17(27)18(19(20,21)22,23-13-6-8-14(25)9-7-13)24-16(26)12-4-10-15(28-2)11-5-12/h4-11,23,25H,3H2,1-2H3,(H,24,26)/t18-/m0/s1. The number of nitrogens with one attached hydrogen (secondary N) is 2. The Balaban J connectivity index is 2.46. The fourth-order valence-corrected chi connectivity index (χ4v) is 2.38. The highest BCUT2D eigenvalue weighted by Crippen LogP contribution is 2.34. The van der Waals surface area contributed by atoms with Crippen LogP contribution in [-0.2, 0) is 9.53 Å². The topological polar surface area (TPSA) is 96.9 Å². The molecule has 0 saturated carbocycles. The maximum atomic E-state index is 14.1. The van der Waals surface area contributed by atoms with Crippen molar-refractivity contribution < 1.29 is 37.3 Å². The molecule has 0 unspecified atom stereocenters. The van der Waals surface area contributed by atoms with Gasteiger partial charge in [-0.05, 0) is 55.5 Å². The molecule has 0 aliphatic carbocycles. The number of ether oxygens (including phenoxy) is 2. The van der Waals surface area contributed by atoms with Gasteiger partial charge in [-0.1, -0.05) is 0 Å². The van der Waals surface area contributed by atoms with E-state index in [9.17, 15) is 27.9 Å². The third kappa shape index (κ3) is 4.89. The van der Waals surface area contributed by atoms with Gasteiger partial charge in [0, 0.05) is 11.3 Å². The van der Waals surface area contributed by atoms with Crippen LogP contribution in [0.25, 0.3) is 0 Å². The number of carbonyl (C=O) groups is 2. The molecule has 29 heavy (non-hydrogen) atoms. The van der Waals surface area contributed by atoms with E-state index in [2.05, 4.69) is 4.74 Å². The van der Waals surface area contributed by atoms with Crippen molar-refractivity contribution in [3.05, 3.63) is 54.1 Å². The van der Waals surface area contributed by atoms with Crippen LogP contribution in [0.5, 0.6) is 11.5 Å². The SMILES string of the molecule is CCOC(=O)[C@@](NC(=O)c1ccc(OC)cc1)(Nc1ccc(O)cc1)C(F)(F)F. The van der Waals surface area contributed by atoms with Crippen LogP contribution in [0.2, 0.25) is 0 Å². The number of rotatable bonds is 7. The highest BCUT2D eigenvalue weighted by Gasteiger charge is 2.63. The quantitative estimate of drug-likeness (QED) is 0.368. The van der Waals surface area contributed by atoms with Gasteiger partial charge in [-0.2, -0.15) is 13.2 Å². The second kappa shape index (κ2) is 8.72. The zero-order chi connectivity index (χ0) is 21.7. The summed E-state index contributed by atoms with van der Waals surface area (Å²) in [4.78, 5) is 24.9. The van der Waals surface area contributed by atoms with Crippen molar-refractivity contribution in [2.45, 2.75) is 18.8 Å². The molecule has 0 bridgehead atoms. The van der Waals surface area contributed by atoms with E-state index in [-0.39, 0.29) is 23.6 Å². The van der Waals surface area contributed by atoms with E-state index < -0.39 is 23.7 Å². The van der Waals surface area contributed by atoms with Gasteiger partial charge in [-0.25, -0.2) is 4.79 Å². The largest absolute Gasteiger partial charge is 0.508 e. The summed E-state index contributed by atoms with van der Waals surface area (Å²) in [6.07, 6.45) is -5.26. The predicted molar refractivity (Wildman–Crippen MR) is 97.6 cm³/mol. The molecule has 3 N–H and O–H groups in total. The zero-order valence-corrected chi connectivity index (χ0v) is 15.5. The summed E-state index contributed by atoms with van der Waals surface area (Å²) in [6.45, 7) is 0.997. The van der Waals surface area contributed by atoms with Crippen molar-refractivity contribution in [3.63, 3.8) is 0 Å². The molecule has 0 aliphatic rings. The molecule has 1 atom stereocenters. The van der Waals surface area contributed by atoms with Crippen LogP contribution in [0.4, 0.5) is 18.9 Å². The zero-order valence-electron chi connectivity index (χ0n) is 15.5. The minimum atomic E-state index is -5.26. The molecule has 0 spiro atoms. The highest BCUT2D eigenvalue weighted by molar-refractivity contribution is 5.99. The first-order chi connectivity index (χ1) is 13.6. The molecule has 0 heterocycles. The fourth-order valence-electron chi connectivity index (χ4n) is 2.38. The first-order valence-electron chi connectivity index (χ1n) is 8.40. The molecule has 0 radical (unpaired) electrons. The summed E-state index contributed by atoms with van der Waals surface area (Å²) < 4.78 is 51.7. The number of methoxy groups -OCH3 is 1. The Kier molecular flexibility index (Phi) is 6.57. The monoisotopic (exact) mass is 412 g/mol. The number of anilines is 1. The van der Waals surface area contributed by atoms with Crippen LogP contribution in [0.3, 0.4) is 0 Å². The molecule has 10 heteroatoms. The van der Waals surface area contributed by atoms with Gasteiger partial charge in [0.15, 0.2) is 0 Å². The number of hydrogen-bond donors (Lipinski definition) is 3. The van der Waals surface area contributed by atoms with E-state index in [1.807, 2.05) is 5.32 Å². The van der Waals surface area contributed by atoms with E-state index in [0.29, 0.717) is 5.75 Å². The number of carbonyl (C=O) groups excluding carboxylic acids is 2. The number of aromatic hydroxyl groups is 1. The van der Waals surface area contributed by atoms with Gasteiger partial charge >= 0.3 is 17.8 Å². The summed E-state index contributed by atoms with van der Waals surface area (Å²) >= 11 is 0. The lowest BCUT2D eigenvalue weighted by Gasteiger charge is -2.35. The van der Waals surface area contributed by atoms with Crippen molar-refractivity contribution in [1.29, 1.82) is 0 Å². The van der Waals surface area contributed by atoms with E-state index in [0.717, 1.165) is 24.3 Å². The number of esters is 1. The number of hydrogen-bond acceptors (Lipinski definition) is 6.